The van der Waals surface area contributed by atoms with E-state index in [1.165, 1.54) is 51.6 Å². The van der Waals surface area contributed by atoms with Gasteiger partial charge in [0.1, 0.15) is 0 Å². The van der Waals surface area contributed by atoms with E-state index < -0.39 is 0 Å². The summed E-state index contributed by atoms with van der Waals surface area (Å²) in [5, 5.41) is 3.97. The zero-order valence-electron chi connectivity index (χ0n) is 13.6. The van der Waals surface area contributed by atoms with Crippen molar-refractivity contribution in [2.45, 2.75) is 70.5 Å². The third kappa shape index (κ3) is 3.87. The lowest BCUT2D eigenvalue weighted by molar-refractivity contribution is 0.228. The van der Waals surface area contributed by atoms with Crippen LogP contribution in [0, 0.1) is 0 Å². The summed E-state index contributed by atoms with van der Waals surface area (Å²) in [5.41, 5.74) is 3.14. The van der Waals surface area contributed by atoms with Gasteiger partial charge in [-0.15, -0.1) is 0 Å². The molecule has 1 N–H and O–H groups in total. The van der Waals surface area contributed by atoms with Crippen LogP contribution in [0.25, 0.3) is 0 Å². The Morgan fingerprint density at radius 1 is 1.00 bits per heavy atom. The van der Waals surface area contributed by atoms with Crippen molar-refractivity contribution in [3.05, 3.63) is 35.4 Å². The quantitative estimate of drug-likeness (QED) is 0.916. The molecule has 0 amide bonds. The van der Waals surface area contributed by atoms with Crippen molar-refractivity contribution in [3.8, 4) is 0 Å². The third-order valence-electron chi connectivity index (χ3n) is 5.31. The topological polar surface area (TPSA) is 15.3 Å². The summed E-state index contributed by atoms with van der Waals surface area (Å²) in [6.07, 6.45) is 7.79. The van der Waals surface area contributed by atoms with E-state index in [1.807, 2.05) is 0 Å². The first-order valence-corrected chi connectivity index (χ1v) is 8.79. The Labute approximate surface area is 129 Å². The predicted molar refractivity (Wildman–Crippen MR) is 89.7 cm³/mol. The van der Waals surface area contributed by atoms with Crippen molar-refractivity contribution in [1.82, 2.24) is 10.2 Å². The average Bonchev–Trinajstić information content (AvgIpc) is 2.73. The Morgan fingerprint density at radius 2 is 1.81 bits per heavy atom. The van der Waals surface area contributed by atoms with Crippen LogP contribution in [-0.2, 0) is 12.8 Å². The zero-order chi connectivity index (χ0) is 14.7. The molecular weight excluding hydrogens is 256 g/mol. The smallest absolute Gasteiger partial charge is 0.0113 e. The van der Waals surface area contributed by atoms with Crippen LogP contribution in [-0.4, -0.2) is 36.1 Å². The van der Waals surface area contributed by atoms with E-state index in [-0.39, 0.29) is 0 Å². The van der Waals surface area contributed by atoms with E-state index in [2.05, 4.69) is 48.3 Å². The van der Waals surface area contributed by atoms with Crippen molar-refractivity contribution < 1.29 is 0 Å². The zero-order valence-corrected chi connectivity index (χ0v) is 13.6. The van der Waals surface area contributed by atoms with E-state index >= 15 is 0 Å². The lowest BCUT2D eigenvalue weighted by atomic mass is 9.87. The van der Waals surface area contributed by atoms with Crippen molar-refractivity contribution in [2.75, 3.05) is 13.1 Å². The van der Waals surface area contributed by atoms with Crippen LogP contribution in [0.15, 0.2) is 24.3 Å². The SMILES string of the molecule is CC(C)N1CCCC(NC2CCc3ccccc3C2)CC1. The third-order valence-corrected chi connectivity index (χ3v) is 5.31. The van der Waals surface area contributed by atoms with Crippen LogP contribution in [0.1, 0.15) is 50.7 Å². The molecule has 1 aromatic rings. The molecule has 3 rings (SSSR count). The molecule has 2 heteroatoms. The van der Waals surface area contributed by atoms with Crippen LogP contribution in [0.2, 0.25) is 0 Å². The van der Waals surface area contributed by atoms with Gasteiger partial charge in [0, 0.05) is 18.1 Å². The molecule has 2 unspecified atom stereocenters. The fraction of sp³-hybridized carbons (Fsp3) is 0.684. The Bertz CT molecular complexity index is 455. The summed E-state index contributed by atoms with van der Waals surface area (Å²) in [4.78, 5) is 2.64. The molecule has 0 spiro atoms. The number of aryl methyl sites for hydroxylation is 1. The van der Waals surface area contributed by atoms with Crippen molar-refractivity contribution in [3.63, 3.8) is 0 Å². The monoisotopic (exact) mass is 286 g/mol. The average molecular weight is 286 g/mol. The van der Waals surface area contributed by atoms with Gasteiger partial charge < -0.3 is 10.2 Å². The Morgan fingerprint density at radius 3 is 2.62 bits per heavy atom. The number of rotatable bonds is 3. The summed E-state index contributed by atoms with van der Waals surface area (Å²) >= 11 is 0. The van der Waals surface area contributed by atoms with Gasteiger partial charge in [-0.25, -0.2) is 0 Å². The molecule has 2 atom stereocenters. The maximum Gasteiger partial charge on any atom is 0.0113 e. The second kappa shape index (κ2) is 6.93. The van der Waals surface area contributed by atoms with E-state index in [1.54, 1.807) is 11.1 Å². The van der Waals surface area contributed by atoms with E-state index in [9.17, 15) is 0 Å². The molecule has 0 saturated carbocycles. The minimum Gasteiger partial charge on any atom is -0.311 e. The number of benzene rings is 1. The van der Waals surface area contributed by atoms with Crippen LogP contribution in [0.4, 0.5) is 0 Å². The Hall–Kier alpha value is -0.860. The summed E-state index contributed by atoms with van der Waals surface area (Å²) in [6.45, 7) is 7.19. The molecule has 1 saturated heterocycles. The standard InChI is InChI=1S/C19H30N2/c1-15(2)21-12-5-8-18(11-13-21)20-19-10-9-16-6-3-4-7-17(16)14-19/h3-4,6-7,15,18-20H,5,8-14H2,1-2H3. The highest BCUT2D eigenvalue weighted by atomic mass is 15.1. The number of fused-ring (bicyclic) bond motifs is 1. The van der Waals surface area contributed by atoms with Crippen molar-refractivity contribution >= 4 is 0 Å². The van der Waals surface area contributed by atoms with Crippen LogP contribution >= 0.6 is 0 Å². The fourth-order valence-electron chi connectivity index (χ4n) is 3.98. The first-order chi connectivity index (χ1) is 10.2. The number of hydrogen-bond donors (Lipinski definition) is 1. The maximum atomic E-state index is 3.97. The maximum absolute atomic E-state index is 3.97. The Kier molecular flexibility index (Phi) is 4.97. The highest BCUT2D eigenvalue weighted by Crippen LogP contribution is 2.22. The van der Waals surface area contributed by atoms with Gasteiger partial charge in [0.05, 0.1) is 0 Å². The second-order valence-corrected chi connectivity index (χ2v) is 7.13. The van der Waals surface area contributed by atoms with Gasteiger partial charge in [0.25, 0.3) is 0 Å². The predicted octanol–water partition coefficient (Wildman–Crippen LogP) is 3.40. The van der Waals surface area contributed by atoms with Gasteiger partial charge >= 0.3 is 0 Å². The summed E-state index contributed by atoms with van der Waals surface area (Å²) < 4.78 is 0. The number of nitrogens with one attached hydrogen (secondary N) is 1. The molecule has 1 aliphatic heterocycles. The van der Waals surface area contributed by atoms with E-state index in [0.717, 1.165) is 6.04 Å². The lowest BCUT2D eigenvalue weighted by Crippen LogP contribution is -2.42. The van der Waals surface area contributed by atoms with Gasteiger partial charge in [0.15, 0.2) is 0 Å². The van der Waals surface area contributed by atoms with E-state index in [4.69, 9.17) is 0 Å². The second-order valence-electron chi connectivity index (χ2n) is 7.13. The molecule has 1 aromatic carbocycles. The molecule has 0 bridgehead atoms. The summed E-state index contributed by atoms with van der Waals surface area (Å²) in [5.74, 6) is 0. The summed E-state index contributed by atoms with van der Waals surface area (Å²) in [7, 11) is 0. The minimum atomic E-state index is 0.690. The normalized spacial score (nSPS) is 27.4. The van der Waals surface area contributed by atoms with E-state index in [0.29, 0.717) is 12.1 Å². The first kappa shape index (κ1) is 15.1. The first-order valence-electron chi connectivity index (χ1n) is 8.79. The van der Waals surface area contributed by atoms with Gasteiger partial charge in [-0.05, 0) is 76.6 Å². The Balaban J connectivity index is 1.53. The molecule has 2 aliphatic rings. The van der Waals surface area contributed by atoms with Gasteiger partial charge in [-0.2, -0.15) is 0 Å². The molecule has 1 fully saturated rings. The lowest BCUT2D eigenvalue weighted by Gasteiger charge is -2.30. The van der Waals surface area contributed by atoms with Crippen molar-refractivity contribution in [2.24, 2.45) is 0 Å². The largest absolute Gasteiger partial charge is 0.311 e. The number of nitrogens with zero attached hydrogens (tertiary/aromatic N) is 1. The van der Waals surface area contributed by atoms with Crippen LogP contribution in [0.3, 0.4) is 0 Å². The minimum absolute atomic E-state index is 0.690. The van der Waals surface area contributed by atoms with Crippen molar-refractivity contribution in [1.29, 1.82) is 0 Å². The highest BCUT2D eigenvalue weighted by molar-refractivity contribution is 5.30. The highest BCUT2D eigenvalue weighted by Gasteiger charge is 2.23. The molecule has 1 heterocycles. The fourth-order valence-corrected chi connectivity index (χ4v) is 3.98. The van der Waals surface area contributed by atoms with Crippen LogP contribution < -0.4 is 5.32 Å². The van der Waals surface area contributed by atoms with Gasteiger partial charge in [0.2, 0.25) is 0 Å². The molecular formula is C19H30N2. The molecule has 2 nitrogen and oxygen atoms in total. The molecule has 0 aromatic heterocycles. The van der Waals surface area contributed by atoms with Gasteiger partial charge in [-0.1, -0.05) is 24.3 Å². The number of hydrogen-bond acceptors (Lipinski definition) is 2. The molecule has 116 valence electrons. The molecule has 0 radical (unpaired) electrons. The summed E-state index contributed by atoms with van der Waals surface area (Å²) in [6, 6.07) is 11.1. The number of likely N-dealkylation sites (tertiary alicyclic amines) is 1. The molecule has 21 heavy (non-hydrogen) atoms. The van der Waals surface area contributed by atoms with Gasteiger partial charge in [-0.3, -0.25) is 0 Å². The van der Waals surface area contributed by atoms with Crippen LogP contribution in [0.5, 0.6) is 0 Å². The molecule has 1 aliphatic carbocycles.